The Morgan fingerprint density at radius 3 is 2.26 bits per heavy atom. The fraction of sp³-hybridized carbons (Fsp3) is 0.238. The van der Waals surface area contributed by atoms with Gasteiger partial charge in [-0.3, -0.25) is 5.10 Å². The van der Waals surface area contributed by atoms with Crippen molar-refractivity contribution in [2.24, 2.45) is 0 Å². The van der Waals surface area contributed by atoms with E-state index in [1.54, 1.807) is 6.20 Å². The molecule has 5 rings (SSSR count). The van der Waals surface area contributed by atoms with E-state index in [9.17, 15) is 0 Å². The first kappa shape index (κ1) is 18.9. The van der Waals surface area contributed by atoms with Crippen LogP contribution in [-0.2, 0) is 6.42 Å². The molecular formula is C21H22N10. The van der Waals surface area contributed by atoms with E-state index in [0.29, 0.717) is 17.7 Å². The van der Waals surface area contributed by atoms with Gasteiger partial charge in [0.05, 0.1) is 0 Å². The third-order valence-corrected chi connectivity index (χ3v) is 5.09. The quantitative estimate of drug-likeness (QED) is 0.489. The van der Waals surface area contributed by atoms with Gasteiger partial charge in [-0.05, 0) is 11.1 Å². The number of hydrogen-bond acceptors (Lipinski definition) is 9. The van der Waals surface area contributed by atoms with Gasteiger partial charge >= 0.3 is 0 Å². The SMILES string of the molecule is c1ccc(Cc2cnc(N3CCN(c4ncnc(Nc5cc[nH]n5)n4)CC3)nc2)cc1. The monoisotopic (exact) mass is 414 g/mol. The second-order valence-electron chi connectivity index (χ2n) is 7.22. The highest BCUT2D eigenvalue weighted by Crippen LogP contribution is 2.17. The summed E-state index contributed by atoms with van der Waals surface area (Å²) >= 11 is 0. The Hall–Kier alpha value is -4.08. The first-order valence-corrected chi connectivity index (χ1v) is 10.1. The first-order valence-electron chi connectivity index (χ1n) is 10.1. The summed E-state index contributed by atoms with van der Waals surface area (Å²) in [7, 11) is 0. The van der Waals surface area contributed by atoms with Gasteiger partial charge in [-0.25, -0.2) is 19.9 Å². The minimum absolute atomic E-state index is 0.469. The molecule has 10 nitrogen and oxygen atoms in total. The molecule has 156 valence electrons. The fourth-order valence-corrected chi connectivity index (χ4v) is 3.49. The predicted octanol–water partition coefficient (Wildman–Crippen LogP) is 2.05. The van der Waals surface area contributed by atoms with Gasteiger partial charge < -0.3 is 15.1 Å². The number of rotatable bonds is 6. The Bertz CT molecular complexity index is 1090. The molecule has 0 saturated carbocycles. The highest BCUT2D eigenvalue weighted by atomic mass is 15.4. The maximum Gasteiger partial charge on any atom is 0.233 e. The number of aromatic nitrogens is 7. The van der Waals surface area contributed by atoms with Crippen molar-refractivity contribution in [2.75, 3.05) is 41.3 Å². The van der Waals surface area contributed by atoms with Gasteiger partial charge in [-0.2, -0.15) is 10.1 Å². The molecule has 3 aromatic heterocycles. The minimum Gasteiger partial charge on any atom is -0.337 e. The van der Waals surface area contributed by atoms with E-state index in [4.69, 9.17) is 0 Å². The lowest BCUT2D eigenvalue weighted by molar-refractivity contribution is 0.626. The molecule has 0 amide bonds. The van der Waals surface area contributed by atoms with Crippen LogP contribution in [0.1, 0.15) is 11.1 Å². The maximum atomic E-state index is 4.59. The topological polar surface area (TPSA) is 112 Å². The lowest BCUT2D eigenvalue weighted by atomic mass is 10.1. The van der Waals surface area contributed by atoms with Crippen LogP contribution < -0.4 is 15.1 Å². The number of anilines is 4. The van der Waals surface area contributed by atoms with Crippen molar-refractivity contribution in [1.29, 1.82) is 0 Å². The predicted molar refractivity (Wildman–Crippen MR) is 117 cm³/mol. The highest BCUT2D eigenvalue weighted by Gasteiger charge is 2.21. The third kappa shape index (κ3) is 4.58. The number of nitrogens with one attached hydrogen (secondary N) is 2. The summed E-state index contributed by atoms with van der Waals surface area (Å²) in [5.41, 5.74) is 2.36. The van der Waals surface area contributed by atoms with Gasteiger partial charge in [-0.15, -0.1) is 0 Å². The van der Waals surface area contributed by atoms with Gasteiger partial charge in [0.1, 0.15) is 6.33 Å². The van der Waals surface area contributed by atoms with Crippen LogP contribution in [0.4, 0.5) is 23.7 Å². The van der Waals surface area contributed by atoms with Crippen LogP contribution in [0.15, 0.2) is 61.3 Å². The molecule has 0 unspecified atom stereocenters. The van der Waals surface area contributed by atoms with E-state index in [-0.39, 0.29) is 0 Å². The number of benzene rings is 1. The highest BCUT2D eigenvalue weighted by molar-refractivity contribution is 5.48. The van der Waals surface area contributed by atoms with Crippen molar-refractivity contribution in [1.82, 2.24) is 35.1 Å². The number of aromatic amines is 1. The summed E-state index contributed by atoms with van der Waals surface area (Å²) in [6.07, 6.45) is 7.92. The fourth-order valence-electron chi connectivity index (χ4n) is 3.49. The van der Waals surface area contributed by atoms with Gasteiger partial charge in [0.2, 0.25) is 17.8 Å². The van der Waals surface area contributed by atoms with Crippen LogP contribution in [0, 0.1) is 0 Å². The number of nitrogens with zero attached hydrogens (tertiary/aromatic N) is 8. The van der Waals surface area contributed by atoms with Gasteiger partial charge in [0.25, 0.3) is 0 Å². The average Bonchev–Trinajstić information content (AvgIpc) is 3.34. The summed E-state index contributed by atoms with van der Waals surface area (Å²) in [5.74, 6) is 2.53. The molecule has 0 atom stereocenters. The molecular weight excluding hydrogens is 392 g/mol. The zero-order valence-corrected chi connectivity index (χ0v) is 16.9. The Kier molecular flexibility index (Phi) is 5.33. The molecule has 0 bridgehead atoms. The standard InChI is InChI=1S/C21H22N10/c1-2-4-16(5-3-1)12-17-13-22-20(23-14-17)30-8-10-31(11-9-30)21-25-15-24-19(28-21)27-18-6-7-26-29-18/h1-7,13-15H,8-12H2,(H2,24,25,26,27,28,29). The van der Waals surface area contributed by atoms with Crippen molar-refractivity contribution >= 4 is 23.7 Å². The first-order chi connectivity index (χ1) is 15.3. The second-order valence-corrected chi connectivity index (χ2v) is 7.22. The van der Waals surface area contributed by atoms with Crippen LogP contribution in [0.2, 0.25) is 0 Å². The Morgan fingerprint density at radius 1 is 0.806 bits per heavy atom. The summed E-state index contributed by atoms with van der Waals surface area (Å²) in [6.45, 7) is 3.15. The molecule has 31 heavy (non-hydrogen) atoms. The van der Waals surface area contributed by atoms with Crippen LogP contribution in [-0.4, -0.2) is 61.3 Å². The molecule has 10 heteroatoms. The summed E-state index contributed by atoms with van der Waals surface area (Å²) < 4.78 is 0. The molecule has 1 aromatic carbocycles. The Labute approximate surface area is 179 Å². The van der Waals surface area contributed by atoms with Gasteiger partial charge in [-0.1, -0.05) is 30.3 Å². The van der Waals surface area contributed by atoms with Crippen LogP contribution in [0.5, 0.6) is 0 Å². The van der Waals surface area contributed by atoms with Crippen LogP contribution >= 0.6 is 0 Å². The molecule has 0 radical (unpaired) electrons. The summed E-state index contributed by atoms with van der Waals surface area (Å²) in [6, 6.07) is 12.2. The van der Waals surface area contributed by atoms with Gasteiger partial charge in [0, 0.05) is 57.3 Å². The lowest BCUT2D eigenvalue weighted by Gasteiger charge is -2.34. The molecule has 4 aromatic rings. The molecule has 4 heterocycles. The van der Waals surface area contributed by atoms with Crippen molar-refractivity contribution in [3.8, 4) is 0 Å². The zero-order valence-electron chi connectivity index (χ0n) is 16.9. The lowest BCUT2D eigenvalue weighted by Crippen LogP contribution is -2.47. The van der Waals surface area contributed by atoms with E-state index in [1.807, 2.05) is 36.7 Å². The molecule has 1 fully saturated rings. The summed E-state index contributed by atoms with van der Waals surface area (Å²) in [5, 5.41) is 9.87. The van der Waals surface area contributed by atoms with Crippen molar-refractivity contribution in [3.63, 3.8) is 0 Å². The Morgan fingerprint density at radius 2 is 1.55 bits per heavy atom. The molecule has 0 aliphatic carbocycles. The molecule has 1 saturated heterocycles. The zero-order chi connectivity index (χ0) is 20.9. The van der Waals surface area contributed by atoms with Crippen LogP contribution in [0.3, 0.4) is 0 Å². The largest absolute Gasteiger partial charge is 0.337 e. The Balaban J connectivity index is 1.19. The number of H-pyrrole nitrogens is 1. The van der Waals surface area contributed by atoms with E-state index < -0.39 is 0 Å². The van der Waals surface area contributed by atoms with E-state index in [0.717, 1.165) is 44.1 Å². The molecule has 1 aliphatic rings. The van der Waals surface area contributed by atoms with Crippen LogP contribution in [0.25, 0.3) is 0 Å². The number of piperazine rings is 1. The normalized spacial score (nSPS) is 13.9. The van der Waals surface area contributed by atoms with E-state index in [1.165, 1.54) is 11.9 Å². The smallest absolute Gasteiger partial charge is 0.233 e. The molecule has 1 aliphatic heterocycles. The maximum absolute atomic E-state index is 4.59. The van der Waals surface area contributed by atoms with Gasteiger partial charge in [0.15, 0.2) is 5.82 Å². The van der Waals surface area contributed by atoms with E-state index in [2.05, 4.69) is 62.4 Å². The number of hydrogen-bond donors (Lipinski definition) is 2. The van der Waals surface area contributed by atoms with E-state index >= 15 is 0 Å². The minimum atomic E-state index is 0.469. The molecule has 2 N–H and O–H groups in total. The second kappa shape index (κ2) is 8.74. The average molecular weight is 414 g/mol. The van der Waals surface area contributed by atoms with Crippen molar-refractivity contribution in [2.45, 2.75) is 6.42 Å². The molecule has 0 spiro atoms. The van der Waals surface area contributed by atoms with Crippen molar-refractivity contribution in [3.05, 3.63) is 72.4 Å². The van der Waals surface area contributed by atoms with Crippen molar-refractivity contribution < 1.29 is 0 Å². The third-order valence-electron chi connectivity index (χ3n) is 5.09. The summed E-state index contributed by atoms with van der Waals surface area (Å²) in [4.78, 5) is 26.5.